The van der Waals surface area contributed by atoms with Gasteiger partial charge in [0.2, 0.25) is 0 Å². The molecule has 6 heteroatoms. The van der Waals surface area contributed by atoms with Gasteiger partial charge in [0.25, 0.3) is 0 Å². The molecule has 136 valence electrons. The number of aromatic nitrogens is 2. The summed E-state index contributed by atoms with van der Waals surface area (Å²) in [6.07, 6.45) is -0.410. The summed E-state index contributed by atoms with van der Waals surface area (Å²) in [5.74, 6) is 0. The number of nitrogens with zero attached hydrogens (tertiary/aromatic N) is 2. The largest absolute Gasteiger partial charge is 0.444 e. The summed E-state index contributed by atoms with van der Waals surface area (Å²) in [5, 5.41) is 10.6. The van der Waals surface area contributed by atoms with E-state index in [4.69, 9.17) is 4.74 Å². The molecule has 25 heavy (non-hydrogen) atoms. The van der Waals surface area contributed by atoms with Gasteiger partial charge in [-0.1, -0.05) is 12.1 Å². The van der Waals surface area contributed by atoms with Gasteiger partial charge in [0.05, 0.1) is 5.69 Å². The highest BCUT2D eigenvalue weighted by Gasteiger charge is 2.15. The van der Waals surface area contributed by atoms with Crippen LogP contribution in [0.2, 0.25) is 0 Å². The summed E-state index contributed by atoms with van der Waals surface area (Å²) in [6, 6.07) is 7.98. The van der Waals surface area contributed by atoms with Gasteiger partial charge in [-0.2, -0.15) is 5.10 Å². The average Bonchev–Trinajstić information content (AvgIpc) is 2.75. The van der Waals surface area contributed by atoms with Gasteiger partial charge in [-0.05, 0) is 52.3 Å². The number of benzene rings is 1. The van der Waals surface area contributed by atoms with Crippen LogP contribution in [0.1, 0.15) is 43.3 Å². The summed E-state index contributed by atoms with van der Waals surface area (Å²) in [4.78, 5) is 11.7. The van der Waals surface area contributed by atoms with Gasteiger partial charge in [0.1, 0.15) is 5.60 Å². The number of ether oxygens (including phenoxy) is 1. The third kappa shape index (κ3) is 5.52. The lowest BCUT2D eigenvalue weighted by molar-refractivity contribution is 0.0523. The average molecular weight is 344 g/mol. The highest BCUT2D eigenvalue weighted by atomic mass is 16.6. The van der Waals surface area contributed by atoms with E-state index >= 15 is 0 Å². The van der Waals surface area contributed by atoms with Crippen molar-refractivity contribution in [3.8, 4) is 0 Å². The molecular formula is C19H28N4O2. The van der Waals surface area contributed by atoms with Crippen LogP contribution in [0.4, 0.5) is 10.5 Å². The van der Waals surface area contributed by atoms with Crippen LogP contribution in [0, 0.1) is 13.8 Å². The van der Waals surface area contributed by atoms with Crippen LogP contribution in [0.25, 0.3) is 0 Å². The van der Waals surface area contributed by atoms with Crippen molar-refractivity contribution in [1.29, 1.82) is 0 Å². The first-order chi connectivity index (χ1) is 11.7. The third-order valence-electron chi connectivity index (χ3n) is 3.89. The fourth-order valence-electron chi connectivity index (χ4n) is 2.54. The first-order valence-electron chi connectivity index (χ1n) is 8.44. The second-order valence-electron chi connectivity index (χ2n) is 7.18. The Morgan fingerprint density at radius 3 is 2.56 bits per heavy atom. The minimum atomic E-state index is -0.493. The van der Waals surface area contributed by atoms with Gasteiger partial charge in [-0.15, -0.1) is 0 Å². The highest BCUT2D eigenvalue weighted by Crippen LogP contribution is 2.16. The Hall–Kier alpha value is -2.50. The first kappa shape index (κ1) is 18.8. The zero-order valence-electron chi connectivity index (χ0n) is 15.9. The lowest BCUT2D eigenvalue weighted by Crippen LogP contribution is -2.32. The number of alkyl carbamates (subject to hydrolysis) is 1. The molecule has 0 aliphatic carbocycles. The van der Waals surface area contributed by atoms with Crippen molar-refractivity contribution in [3.05, 3.63) is 46.8 Å². The fourth-order valence-corrected chi connectivity index (χ4v) is 2.54. The smallest absolute Gasteiger partial charge is 0.407 e. The Morgan fingerprint density at radius 1 is 1.24 bits per heavy atom. The molecule has 1 aromatic heterocycles. The van der Waals surface area contributed by atoms with Gasteiger partial charge in [-0.3, -0.25) is 4.68 Å². The highest BCUT2D eigenvalue weighted by molar-refractivity contribution is 5.67. The second kappa shape index (κ2) is 7.59. The molecule has 0 radical (unpaired) electrons. The molecule has 0 atom stereocenters. The zero-order valence-corrected chi connectivity index (χ0v) is 15.9. The molecule has 0 bridgehead atoms. The Kier molecular flexibility index (Phi) is 5.72. The number of hydrogen-bond acceptors (Lipinski definition) is 4. The molecule has 2 N–H and O–H groups in total. The summed E-state index contributed by atoms with van der Waals surface area (Å²) >= 11 is 0. The molecule has 2 aromatic rings. The number of carbonyl (C=O) groups is 1. The minimum absolute atomic E-state index is 0.410. The number of anilines is 1. The molecule has 1 amide bonds. The van der Waals surface area contributed by atoms with Crippen molar-refractivity contribution in [1.82, 2.24) is 15.1 Å². The molecule has 0 spiro atoms. The van der Waals surface area contributed by atoms with Crippen LogP contribution in [0.3, 0.4) is 0 Å². The van der Waals surface area contributed by atoms with Crippen LogP contribution in [-0.4, -0.2) is 21.5 Å². The normalized spacial score (nSPS) is 11.3. The van der Waals surface area contributed by atoms with E-state index in [0.29, 0.717) is 13.1 Å². The Bertz CT molecular complexity index is 744. The van der Waals surface area contributed by atoms with Gasteiger partial charge < -0.3 is 15.4 Å². The molecule has 2 rings (SSSR count). The molecule has 0 aliphatic rings. The van der Waals surface area contributed by atoms with E-state index in [0.717, 1.165) is 22.6 Å². The predicted octanol–water partition coefficient (Wildman–Crippen LogP) is 3.67. The Labute approximate surface area is 149 Å². The van der Waals surface area contributed by atoms with E-state index in [1.807, 2.05) is 63.7 Å². The van der Waals surface area contributed by atoms with Crippen molar-refractivity contribution in [2.45, 2.75) is 53.3 Å². The van der Waals surface area contributed by atoms with Crippen LogP contribution in [-0.2, 0) is 24.9 Å². The monoisotopic (exact) mass is 344 g/mol. The van der Waals surface area contributed by atoms with Crippen LogP contribution < -0.4 is 10.6 Å². The van der Waals surface area contributed by atoms with Gasteiger partial charge in [0, 0.05) is 37.1 Å². The summed E-state index contributed by atoms with van der Waals surface area (Å²) in [7, 11) is 1.95. The quantitative estimate of drug-likeness (QED) is 0.868. The lowest BCUT2D eigenvalue weighted by atomic mass is 10.1. The number of hydrogen-bond donors (Lipinski definition) is 2. The molecular weight excluding hydrogens is 316 g/mol. The molecule has 0 fully saturated rings. The van der Waals surface area contributed by atoms with Crippen molar-refractivity contribution in [2.24, 2.45) is 7.05 Å². The number of nitrogens with one attached hydrogen (secondary N) is 2. The van der Waals surface area contributed by atoms with Crippen molar-refractivity contribution in [2.75, 3.05) is 5.32 Å². The summed E-state index contributed by atoms with van der Waals surface area (Å²) in [5.41, 5.74) is 4.93. The van der Waals surface area contributed by atoms with E-state index in [1.165, 1.54) is 5.56 Å². The topological polar surface area (TPSA) is 68.2 Å². The van der Waals surface area contributed by atoms with Gasteiger partial charge in [-0.25, -0.2) is 4.79 Å². The standard InChI is InChI=1S/C19H28N4O2/c1-13-17(14(2)23(6)22-13)12-20-16-9-7-8-15(10-16)11-21-18(24)25-19(3,4)5/h7-10,20H,11-12H2,1-6H3,(H,21,24). The van der Waals surface area contributed by atoms with Crippen molar-refractivity contribution >= 4 is 11.8 Å². The molecule has 0 saturated carbocycles. The molecule has 0 aliphatic heterocycles. The molecule has 6 nitrogen and oxygen atoms in total. The lowest BCUT2D eigenvalue weighted by Gasteiger charge is -2.19. The van der Waals surface area contributed by atoms with E-state index < -0.39 is 11.7 Å². The summed E-state index contributed by atoms with van der Waals surface area (Å²) in [6.45, 7) is 10.8. The molecule has 1 heterocycles. The van der Waals surface area contributed by atoms with Crippen LogP contribution >= 0.6 is 0 Å². The maximum absolute atomic E-state index is 11.7. The van der Waals surface area contributed by atoms with E-state index in [2.05, 4.69) is 22.7 Å². The molecule has 0 saturated heterocycles. The Balaban J connectivity index is 1.94. The molecule has 1 aromatic carbocycles. The van der Waals surface area contributed by atoms with E-state index in [9.17, 15) is 4.79 Å². The van der Waals surface area contributed by atoms with E-state index in [1.54, 1.807) is 0 Å². The predicted molar refractivity (Wildman–Crippen MR) is 99.5 cm³/mol. The number of carbonyl (C=O) groups excluding carboxylic acids is 1. The molecule has 0 unspecified atom stereocenters. The zero-order chi connectivity index (χ0) is 18.6. The van der Waals surface area contributed by atoms with E-state index in [-0.39, 0.29) is 0 Å². The van der Waals surface area contributed by atoms with Gasteiger partial charge >= 0.3 is 6.09 Å². The number of amides is 1. The van der Waals surface area contributed by atoms with Crippen molar-refractivity contribution in [3.63, 3.8) is 0 Å². The van der Waals surface area contributed by atoms with Crippen LogP contribution in [0.15, 0.2) is 24.3 Å². The first-order valence-corrected chi connectivity index (χ1v) is 8.44. The van der Waals surface area contributed by atoms with Crippen molar-refractivity contribution < 1.29 is 9.53 Å². The Morgan fingerprint density at radius 2 is 1.96 bits per heavy atom. The maximum atomic E-state index is 11.7. The fraction of sp³-hybridized carbons (Fsp3) is 0.474. The van der Waals surface area contributed by atoms with Gasteiger partial charge in [0.15, 0.2) is 0 Å². The number of aryl methyl sites for hydroxylation is 2. The third-order valence-corrected chi connectivity index (χ3v) is 3.89. The summed E-state index contributed by atoms with van der Waals surface area (Å²) < 4.78 is 7.15. The second-order valence-corrected chi connectivity index (χ2v) is 7.18. The SMILES string of the molecule is Cc1nn(C)c(C)c1CNc1cccc(CNC(=O)OC(C)(C)C)c1. The van der Waals surface area contributed by atoms with Crippen LogP contribution in [0.5, 0.6) is 0 Å². The maximum Gasteiger partial charge on any atom is 0.407 e. The number of rotatable bonds is 5. The minimum Gasteiger partial charge on any atom is -0.444 e.